The Morgan fingerprint density at radius 1 is 1.28 bits per heavy atom. The van der Waals surface area contributed by atoms with Crippen LogP contribution in [0.4, 0.5) is 0 Å². The van der Waals surface area contributed by atoms with E-state index in [1.54, 1.807) is 11.8 Å². The van der Waals surface area contributed by atoms with Crippen molar-refractivity contribution in [1.29, 1.82) is 0 Å². The number of ether oxygens (including phenoxy) is 2. The summed E-state index contributed by atoms with van der Waals surface area (Å²) in [4.78, 5) is 0. The lowest BCUT2D eigenvalue weighted by Gasteiger charge is -2.25. The molecule has 4 rings (SSSR count). The van der Waals surface area contributed by atoms with E-state index in [0.29, 0.717) is 18.8 Å². The van der Waals surface area contributed by atoms with Crippen molar-refractivity contribution in [2.75, 3.05) is 23.9 Å². The van der Waals surface area contributed by atoms with Gasteiger partial charge in [0.25, 0.3) is 0 Å². The van der Waals surface area contributed by atoms with E-state index in [1.165, 1.54) is 0 Å². The van der Waals surface area contributed by atoms with Gasteiger partial charge in [0, 0.05) is 18.7 Å². The first kappa shape index (κ1) is 16.7. The molecule has 0 radical (unpaired) electrons. The Morgan fingerprint density at radius 2 is 2.08 bits per heavy atom. The molecule has 0 spiro atoms. The van der Waals surface area contributed by atoms with Crippen molar-refractivity contribution in [2.45, 2.75) is 23.6 Å². The highest BCUT2D eigenvalue weighted by Crippen LogP contribution is 2.33. The van der Waals surface area contributed by atoms with E-state index >= 15 is 0 Å². The van der Waals surface area contributed by atoms with Gasteiger partial charge < -0.3 is 14.0 Å². The van der Waals surface area contributed by atoms with Gasteiger partial charge in [0.05, 0.1) is 11.5 Å². The number of hydrogen-bond acceptors (Lipinski definition) is 7. The molecule has 2 aromatic rings. The lowest BCUT2D eigenvalue weighted by Crippen LogP contribution is -2.31. The van der Waals surface area contributed by atoms with E-state index in [0.717, 1.165) is 22.5 Å². The predicted molar refractivity (Wildman–Crippen MR) is 94.1 cm³/mol. The summed E-state index contributed by atoms with van der Waals surface area (Å²) in [6, 6.07) is 7.63. The van der Waals surface area contributed by atoms with Gasteiger partial charge in [-0.25, -0.2) is 8.42 Å². The molecule has 9 heteroatoms. The third kappa shape index (κ3) is 3.48. The molecule has 1 aromatic carbocycles. The zero-order valence-electron chi connectivity index (χ0n) is 13.8. The molecule has 0 aliphatic carbocycles. The summed E-state index contributed by atoms with van der Waals surface area (Å²) in [5.74, 6) is 3.30. The largest absolute Gasteiger partial charge is 0.486 e. The maximum absolute atomic E-state index is 11.7. The average molecular weight is 381 g/mol. The van der Waals surface area contributed by atoms with E-state index in [2.05, 4.69) is 10.2 Å². The van der Waals surface area contributed by atoms with Crippen molar-refractivity contribution in [3.8, 4) is 11.5 Å². The van der Waals surface area contributed by atoms with Gasteiger partial charge in [-0.05, 0) is 18.6 Å². The molecule has 2 atom stereocenters. The number of fused-ring (bicyclic) bond motifs is 1. The van der Waals surface area contributed by atoms with Crippen LogP contribution >= 0.6 is 11.8 Å². The van der Waals surface area contributed by atoms with Crippen LogP contribution in [0.25, 0.3) is 0 Å². The second-order valence-electron chi connectivity index (χ2n) is 6.31. The van der Waals surface area contributed by atoms with Crippen molar-refractivity contribution in [1.82, 2.24) is 14.8 Å². The summed E-state index contributed by atoms with van der Waals surface area (Å²) in [6.07, 6.45) is 0.557. The molecule has 0 amide bonds. The zero-order valence-corrected chi connectivity index (χ0v) is 15.4. The minimum Gasteiger partial charge on any atom is -0.486 e. The van der Waals surface area contributed by atoms with Crippen LogP contribution in [0, 0.1) is 0 Å². The number of aromatic nitrogens is 3. The summed E-state index contributed by atoms with van der Waals surface area (Å²) in [7, 11) is -1.05. The molecule has 7 nitrogen and oxygen atoms in total. The third-order valence-electron chi connectivity index (χ3n) is 4.43. The minimum atomic E-state index is -2.93. The molecule has 25 heavy (non-hydrogen) atoms. The van der Waals surface area contributed by atoms with E-state index < -0.39 is 9.84 Å². The van der Waals surface area contributed by atoms with Crippen LogP contribution < -0.4 is 9.47 Å². The van der Waals surface area contributed by atoms with Crippen molar-refractivity contribution in [3.05, 3.63) is 30.1 Å². The van der Waals surface area contributed by atoms with Crippen LogP contribution in [0.2, 0.25) is 0 Å². The summed E-state index contributed by atoms with van der Waals surface area (Å²) in [5, 5.41) is 9.21. The summed E-state index contributed by atoms with van der Waals surface area (Å²) < 4.78 is 36.9. The van der Waals surface area contributed by atoms with Crippen molar-refractivity contribution in [2.24, 2.45) is 7.05 Å². The maximum Gasteiger partial charge on any atom is 0.191 e. The minimum absolute atomic E-state index is 0.0574. The molecule has 0 saturated carbocycles. The molecule has 2 aliphatic heterocycles. The average Bonchev–Trinajstić information content (AvgIpc) is 3.14. The molecular weight excluding hydrogens is 362 g/mol. The van der Waals surface area contributed by atoms with Crippen molar-refractivity contribution >= 4 is 21.6 Å². The molecule has 3 heterocycles. The van der Waals surface area contributed by atoms with E-state index in [1.807, 2.05) is 35.9 Å². The van der Waals surface area contributed by atoms with E-state index in [4.69, 9.17) is 9.47 Å². The Labute approximate surface area is 150 Å². The first-order chi connectivity index (χ1) is 12.0. The quantitative estimate of drug-likeness (QED) is 0.745. The number of thioether (sulfide) groups is 1. The van der Waals surface area contributed by atoms with Crippen molar-refractivity contribution in [3.63, 3.8) is 0 Å². The lowest BCUT2D eigenvalue weighted by atomic mass is 10.1. The smallest absolute Gasteiger partial charge is 0.191 e. The van der Waals surface area contributed by atoms with Gasteiger partial charge in [-0.3, -0.25) is 0 Å². The van der Waals surface area contributed by atoms with Crippen LogP contribution in [-0.4, -0.2) is 53.2 Å². The van der Waals surface area contributed by atoms with Crippen molar-refractivity contribution < 1.29 is 17.9 Å². The number of nitrogens with zero attached hydrogens (tertiary/aromatic N) is 3. The van der Waals surface area contributed by atoms with Crippen LogP contribution in [0.1, 0.15) is 18.2 Å². The third-order valence-corrected chi connectivity index (χ3v) is 7.35. The molecular formula is C16H19N3O4S2. The fourth-order valence-corrected chi connectivity index (χ4v) is 5.74. The zero-order chi connectivity index (χ0) is 17.4. The monoisotopic (exact) mass is 381 g/mol. The summed E-state index contributed by atoms with van der Waals surface area (Å²) in [6.45, 7) is 0.496. The molecule has 1 aromatic heterocycles. The number of benzene rings is 1. The Bertz CT molecular complexity index is 881. The van der Waals surface area contributed by atoms with Gasteiger partial charge in [-0.15, -0.1) is 10.2 Å². The molecule has 0 unspecified atom stereocenters. The van der Waals surface area contributed by atoms with Crippen LogP contribution in [0.5, 0.6) is 11.5 Å². The molecule has 1 fully saturated rings. The fraction of sp³-hybridized carbons (Fsp3) is 0.500. The lowest BCUT2D eigenvalue weighted by molar-refractivity contribution is 0.107. The summed E-state index contributed by atoms with van der Waals surface area (Å²) in [5.41, 5.74) is 0. The van der Waals surface area contributed by atoms with Gasteiger partial charge in [0.15, 0.2) is 26.5 Å². The van der Waals surface area contributed by atoms with Gasteiger partial charge in [0.2, 0.25) is 0 Å². The maximum atomic E-state index is 11.7. The molecule has 1 saturated heterocycles. The van der Waals surface area contributed by atoms with Crippen LogP contribution in [0.15, 0.2) is 29.4 Å². The highest BCUT2D eigenvalue weighted by atomic mass is 32.2. The Balaban J connectivity index is 1.40. The SMILES string of the molecule is Cn1c(SC[C@H]2COc3ccccc3O2)nnc1[C@@H]1CCS(=O)(=O)C1. The van der Waals surface area contributed by atoms with Gasteiger partial charge in [-0.1, -0.05) is 23.9 Å². The summed E-state index contributed by atoms with van der Waals surface area (Å²) >= 11 is 1.54. The number of hydrogen-bond donors (Lipinski definition) is 0. The standard InChI is InChI=1S/C16H19N3O4S2/c1-19-15(11-6-7-25(20,21)10-11)17-18-16(19)24-9-12-8-22-13-4-2-3-5-14(13)23-12/h2-5,11-12H,6-10H2,1H3/t11-,12-/m1/s1. The second-order valence-corrected chi connectivity index (χ2v) is 9.52. The highest BCUT2D eigenvalue weighted by Gasteiger charge is 2.32. The second kappa shape index (κ2) is 6.53. The molecule has 0 bridgehead atoms. The van der Waals surface area contributed by atoms with Gasteiger partial charge in [-0.2, -0.15) is 0 Å². The molecule has 0 N–H and O–H groups in total. The topological polar surface area (TPSA) is 83.3 Å². The number of rotatable bonds is 4. The fourth-order valence-electron chi connectivity index (χ4n) is 3.12. The first-order valence-corrected chi connectivity index (χ1v) is 10.9. The predicted octanol–water partition coefficient (Wildman–Crippen LogP) is 1.65. The Kier molecular flexibility index (Phi) is 4.36. The van der Waals surface area contributed by atoms with E-state index in [-0.39, 0.29) is 23.5 Å². The number of sulfone groups is 1. The molecule has 2 aliphatic rings. The highest BCUT2D eigenvalue weighted by molar-refractivity contribution is 7.99. The van der Waals surface area contributed by atoms with Gasteiger partial charge in [0.1, 0.15) is 18.5 Å². The molecule has 134 valence electrons. The Morgan fingerprint density at radius 3 is 2.84 bits per heavy atom. The van der Waals surface area contributed by atoms with E-state index in [9.17, 15) is 8.42 Å². The first-order valence-electron chi connectivity index (χ1n) is 8.13. The number of para-hydroxylation sites is 2. The van der Waals surface area contributed by atoms with Crippen LogP contribution in [0.3, 0.4) is 0 Å². The Hall–Kier alpha value is -1.74. The van der Waals surface area contributed by atoms with Gasteiger partial charge >= 0.3 is 0 Å². The normalized spacial score (nSPS) is 24.4. The van der Waals surface area contributed by atoms with Crippen LogP contribution in [-0.2, 0) is 16.9 Å².